The second-order valence-corrected chi connectivity index (χ2v) is 5.56. The number of hydrogen-bond acceptors (Lipinski definition) is 1. The van der Waals surface area contributed by atoms with Gasteiger partial charge >= 0.3 is 0 Å². The Kier molecular flexibility index (Phi) is 8.07. The van der Waals surface area contributed by atoms with Crippen LogP contribution in [0.4, 0.5) is 0 Å². The molecule has 0 atom stereocenters. The lowest BCUT2D eigenvalue weighted by Crippen LogP contribution is -2.26. The number of rotatable bonds is 8. The fourth-order valence-electron chi connectivity index (χ4n) is 2.29. The highest BCUT2D eigenvalue weighted by atomic mass is 16.3. The molecule has 0 amide bonds. The summed E-state index contributed by atoms with van der Waals surface area (Å²) in [6.45, 7) is 4.37. The van der Waals surface area contributed by atoms with Crippen molar-refractivity contribution in [1.82, 2.24) is 0 Å². The smallest absolute Gasteiger partial charge is 0.125 e. The van der Waals surface area contributed by atoms with Crippen molar-refractivity contribution < 1.29 is 5.11 Å². The van der Waals surface area contributed by atoms with E-state index in [-0.39, 0.29) is 0 Å². The van der Waals surface area contributed by atoms with Crippen molar-refractivity contribution in [1.29, 1.82) is 0 Å². The minimum atomic E-state index is -0.805. The molecule has 1 nitrogen and oxygen atoms in total. The van der Waals surface area contributed by atoms with E-state index in [0.717, 1.165) is 31.2 Å². The van der Waals surface area contributed by atoms with E-state index in [1.807, 2.05) is 30.3 Å². The predicted octanol–water partition coefficient (Wildman–Crippen LogP) is 4.93. The van der Waals surface area contributed by atoms with Gasteiger partial charge in [-0.15, -0.1) is 0 Å². The first-order chi connectivity index (χ1) is 9.70. The third-order valence-electron chi connectivity index (χ3n) is 3.60. The van der Waals surface area contributed by atoms with Crippen molar-refractivity contribution in [2.75, 3.05) is 0 Å². The third-order valence-corrected chi connectivity index (χ3v) is 3.60. The maximum atomic E-state index is 10.8. The van der Waals surface area contributed by atoms with Crippen molar-refractivity contribution in [3.63, 3.8) is 0 Å². The van der Waals surface area contributed by atoms with Crippen molar-refractivity contribution in [2.45, 2.75) is 70.8 Å². The number of hydrogen-bond donors (Lipinski definition) is 1. The van der Waals surface area contributed by atoms with Crippen LogP contribution in [0, 0.1) is 11.8 Å². The van der Waals surface area contributed by atoms with Gasteiger partial charge < -0.3 is 5.11 Å². The molecular weight excluding hydrogens is 244 g/mol. The van der Waals surface area contributed by atoms with Crippen LogP contribution in [0.5, 0.6) is 0 Å². The summed E-state index contributed by atoms with van der Waals surface area (Å²) in [6.07, 6.45) is 8.40. The lowest BCUT2D eigenvalue weighted by Gasteiger charge is -2.22. The monoisotopic (exact) mass is 272 g/mol. The number of aliphatic hydroxyl groups is 1. The Morgan fingerprint density at radius 1 is 0.900 bits per heavy atom. The topological polar surface area (TPSA) is 20.2 Å². The Bertz CT molecular complexity index is 400. The van der Waals surface area contributed by atoms with Gasteiger partial charge in [0.15, 0.2) is 0 Å². The lowest BCUT2D eigenvalue weighted by atomic mass is 9.90. The largest absolute Gasteiger partial charge is 0.378 e. The van der Waals surface area contributed by atoms with Gasteiger partial charge in [-0.2, -0.15) is 0 Å². The van der Waals surface area contributed by atoms with E-state index in [1.165, 1.54) is 25.7 Å². The highest BCUT2D eigenvalue weighted by Crippen LogP contribution is 2.22. The van der Waals surface area contributed by atoms with E-state index in [1.54, 1.807) is 0 Å². The first kappa shape index (κ1) is 16.8. The molecule has 0 radical (unpaired) electrons. The second kappa shape index (κ2) is 9.61. The zero-order valence-electron chi connectivity index (χ0n) is 13.0. The molecule has 0 saturated heterocycles. The summed E-state index contributed by atoms with van der Waals surface area (Å²) in [5, 5.41) is 10.8. The van der Waals surface area contributed by atoms with E-state index in [2.05, 4.69) is 25.7 Å². The van der Waals surface area contributed by atoms with Crippen LogP contribution in [0.3, 0.4) is 0 Å². The van der Waals surface area contributed by atoms with Crippen LogP contribution in [0.2, 0.25) is 0 Å². The molecule has 0 aliphatic carbocycles. The molecule has 0 saturated carbocycles. The Hall–Kier alpha value is -1.26. The molecule has 1 aromatic carbocycles. The SMILES string of the molecule is CCCCCC(O)(C#Cc1ccccc1)CCCCC. The molecule has 0 aliphatic heterocycles. The minimum Gasteiger partial charge on any atom is -0.378 e. The van der Waals surface area contributed by atoms with Gasteiger partial charge in [-0.05, 0) is 37.8 Å². The van der Waals surface area contributed by atoms with E-state index < -0.39 is 5.60 Å². The summed E-state index contributed by atoms with van der Waals surface area (Å²) in [5.74, 6) is 6.27. The van der Waals surface area contributed by atoms with Crippen molar-refractivity contribution in [2.24, 2.45) is 0 Å². The summed E-state index contributed by atoms with van der Waals surface area (Å²) in [7, 11) is 0. The van der Waals surface area contributed by atoms with Gasteiger partial charge in [0.1, 0.15) is 5.60 Å². The van der Waals surface area contributed by atoms with Gasteiger partial charge in [0.2, 0.25) is 0 Å². The lowest BCUT2D eigenvalue weighted by molar-refractivity contribution is 0.0765. The average Bonchev–Trinajstić information content (AvgIpc) is 2.47. The molecule has 110 valence electrons. The highest BCUT2D eigenvalue weighted by molar-refractivity contribution is 5.35. The molecule has 1 aromatic rings. The molecule has 0 bridgehead atoms. The van der Waals surface area contributed by atoms with Gasteiger partial charge in [-0.25, -0.2) is 0 Å². The number of benzene rings is 1. The minimum absolute atomic E-state index is 0.796. The molecular formula is C19H28O. The van der Waals surface area contributed by atoms with Gasteiger partial charge in [0.25, 0.3) is 0 Å². The first-order valence-electron chi connectivity index (χ1n) is 8.01. The van der Waals surface area contributed by atoms with Crippen LogP contribution < -0.4 is 0 Å². The number of unbranched alkanes of at least 4 members (excludes halogenated alkanes) is 4. The maximum absolute atomic E-state index is 10.8. The normalized spacial score (nSPS) is 10.9. The van der Waals surface area contributed by atoms with E-state index in [4.69, 9.17) is 0 Å². The van der Waals surface area contributed by atoms with E-state index in [0.29, 0.717) is 0 Å². The van der Waals surface area contributed by atoms with Gasteiger partial charge in [-0.3, -0.25) is 0 Å². The highest BCUT2D eigenvalue weighted by Gasteiger charge is 2.22. The molecule has 1 N–H and O–H groups in total. The zero-order valence-corrected chi connectivity index (χ0v) is 13.0. The van der Waals surface area contributed by atoms with Crippen LogP contribution in [0.25, 0.3) is 0 Å². The Balaban J connectivity index is 2.68. The maximum Gasteiger partial charge on any atom is 0.125 e. The molecule has 0 fully saturated rings. The predicted molar refractivity (Wildman–Crippen MR) is 86.6 cm³/mol. The Morgan fingerprint density at radius 3 is 1.95 bits per heavy atom. The standard InChI is InChI=1S/C19H28O/c1-3-5-10-15-19(20,16-11-6-4-2)17-14-18-12-8-7-9-13-18/h7-9,12-13,20H,3-6,10-11,15-16H2,1-2H3. The molecule has 1 heteroatoms. The molecule has 0 heterocycles. The van der Waals surface area contributed by atoms with Crippen LogP contribution in [0.15, 0.2) is 30.3 Å². The van der Waals surface area contributed by atoms with E-state index >= 15 is 0 Å². The quantitative estimate of drug-likeness (QED) is 0.525. The Morgan fingerprint density at radius 2 is 1.45 bits per heavy atom. The summed E-state index contributed by atoms with van der Waals surface area (Å²) in [6, 6.07) is 9.94. The third kappa shape index (κ3) is 6.78. The van der Waals surface area contributed by atoms with Crippen molar-refractivity contribution in [3.8, 4) is 11.8 Å². The summed E-state index contributed by atoms with van der Waals surface area (Å²) in [4.78, 5) is 0. The molecule has 0 aliphatic rings. The summed E-state index contributed by atoms with van der Waals surface area (Å²) >= 11 is 0. The van der Waals surface area contributed by atoms with E-state index in [9.17, 15) is 5.11 Å². The molecule has 0 spiro atoms. The second-order valence-electron chi connectivity index (χ2n) is 5.56. The first-order valence-corrected chi connectivity index (χ1v) is 8.01. The Labute approximate surface area is 124 Å². The van der Waals surface area contributed by atoms with Crippen molar-refractivity contribution >= 4 is 0 Å². The average molecular weight is 272 g/mol. The van der Waals surface area contributed by atoms with Crippen LogP contribution in [0.1, 0.15) is 70.8 Å². The zero-order chi connectivity index (χ0) is 14.7. The van der Waals surface area contributed by atoms with Gasteiger partial charge in [0, 0.05) is 5.56 Å². The molecule has 20 heavy (non-hydrogen) atoms. The summed E-state index contributed by atoms with van der Waals surface area (Å²) < 4.78 is 0. The fourth-order valence-corrected chi connectivity index (χ4v) is 2.29. The van der Waals surface area contributed by atoms with Crippen LogP contribution in [-0.4, -0.2) is 10.7 Å². The summed E-state index contributed by atoms with van der Waals surface area (Å²) in [5.41, 5.74) is 0.178. The fraction of sp³-hybridized carbons (Fsp3) is 0.579. The van der Waals surface area contributed by atoms with Gasteiger partial charge in [0.05, 0.1) is 0 Å². The van der Waals surface area contributed by atoms with Crippen molar-refractivity contribution in [3.05, 3.63) is 35.9 Å². The molecule has 1 rings (SSSR count). The molecule has 0 aromatic heterocycles. The molecule has 0 unspecified atom stereocenters. The van der Waals surface area contributed by atoms with Crippen LogP contribution >= 0.6 is 0 Å². The van der Waals surface area contributed by atoms with Gasteiger partial charge in [-0.1, -0.05) is 69.6 Å². The van der Waals surface area contributed by atoms with Crippen LogP contribution in [-0.2, 0) is 0 Å².